The molecule has 0 saturated carbocycles. The minimum absolute atomic E-state index is 0.121. The Kier molecular flexibility index (Phi) is 17.4. The largest absolute Gasteiger partial charge is 0.493 e. The Morgan fingerprint density at radius 3 is 2.00 bits per heavy atom. The number of methoxy groups -OCH3 is 3. The van der Waals surface area contributed by atoms with Crippen LogP contribution in [0.5, 0.6) is 17.2 Å². The Balaban J connectivity index is 0.000000915. The van der Waals surface area contributed by atoms with E-state index in [1.807, 2.05) is 37.4 Å². The number of aldehydes is 1. The third-order valence-corrected chi connectivity index (χ3v) is 6.10. The highest BCUT2D eigenvalue weighted by Crippen LogP contribution is 2.38. The smallest absolute Gasteiger partial charge is 0.242 e. The van der Waals surface area contributed by atoms with E-state index >= 15 is 0 Å². The van der Waals surface area contributed by atoms with Gasteiger partial charge in [-0.1, -0.05) is 30.3 Å². The van der Waals surface area contributed by atoms with Gasteiger partial charge in [0.2, 0.25) is 17.6 Å². The molecule has 2 unspecified atom stereocenters. The molecule has 2 rings (SSSR count). The molecule has 0 aliphatic heterocycles. The Labute approximate surface area is 242 Å². The Bertz CT molecular complexity index is 1020. The van der Waals surface area contributed by atoms with Crippen LogP contribution in [0.3, 0.4) is 0 Å². The van der Waals surface area contributed by atoms with Gasteiger partial charge in [0.25, 0.3) is 0 Å². The fraction of sp³-hybridized carbons (Fsp3) is 0.483. The summed E-state index contributed by atoms with van der Waals surface area (Å²) >= 11 is 0. The lowest BCUT2D eigenvalue weighted by molar-refractivity contribution is -0.130. The van der Waals surface area contributed by atoms with E-state index < -0.39 is 18.0 Å². The zero-order valence-corrected chi connectivity index (χ0v) is 24.6. The van der Waals surface area contributed by atoms with Crippen LogP contribution in [0.2, 0.25) is 0 Å². The number of likely N-dealkylation sites (N-methyl/N-ethyl adjacent to an activating group) is 1. The third-order valence-electron chi connectivity index (χ3n) is 6.10. The summed E-state index contributed by atoms with van der Waals surface area (Å²) in [5, 5.41) is 5.50. The average Bonchev–Trinajstić information content (AvgIpc) is 2.98. The minimum Gasteiger partial charge on any atom is -0.493 e. The highest BCUT2D eigenvalue weighted by atomic mass is 16.5. The van der Waals surface area contributed by atoms with Crippen molar-refractivity contribution in [3.8, 4) is 17.2 Å². The fourth-order valence-corrected chi connectivity index (χ4v) is 3.82. The summed E-state index contributed by atoms with van der Waals surface area (Å²) in [6, 6.07) is 11.3. The van der Waals surface area contributed by atoms with Gasteiger partial charge in [-0.3, -0.25) is 9.59 Å². The maximum Gasteiger partial charge on any atom is 0.242 e. The summed E-state index contributed by atoms with van der Waals surface area (Å²) in [5.41, 5.74) is 18.0. The van der Waals surface area contributed by atoms with Gasteiger partial charge in [0, 0.05) is 39.1 Å². The van der Waals surface area contributed by atoms with Crippen molar-refractivity contribution in [3.05, 3.63) is 53.6 Å². The van der Waals surface area contributed by atoms with Crippen molar-refractivity contribution in [2.24, 2.45) is 17.2 Å². The van der Waals surface area contributed by atoms with E-state index in [9.17, 15) is 14.4 Å². The first-order valence-corrected chi connectivity index (χ1v) is 13.4. The second-order valence-corrected chi connectivity index (χ2v) is 9.23. The number of carbonyl (C=O) groups is 3. The van der Waals surface area contributed by atoms with Gasteiger partial charge >= 0.3 is 0 Å². The highest BCUT2D eigenvalue weighted by Gasteiger charge is 2.24. The van der Waals surface area contributed by atoms with Crippen LogP contribution in [0.25, 0.3) is 0 Å². The molecule has 0 aliphatic rings. The number of nitrogens with two attached hydrogens (primary N) is 3. The number of benzene rings is 2. The Morgan fingerprint density at radius 2 is 1.51 bits per heavy atom. The van der Waals surface area contributed by atoms with Crippen LogP contribution in [0.1, 0.15) is 24.0 Å². The van der Waals surface area contributed by atoms with Crippen molar-refractivity contribution in [1.29, 1.82) is 0 Å². The van der Waals surface area contributed by atoms with Crippen molar-refractivity contribution < 1.29 is 28.6 Å². The summed E-state index contributed by atoms with van der Waals surface area (Å²) in [6.07, 6.45) is 1.40. The lowest BCUT2D eigenvalue weighted by Crippen LogP contribution is -2.51. The van der Waals surface area contributed by atoms with E-state index in [-0.39, 0.29) is 18.9 Å². The van der Waals surface area contributed by atoms with E-state index in [4.69, 9.17) is 31.4 Å². The first-order valence-electron chi connectivity index (χ1n) is 13.4. The molecule has 228 valence electrons. The van der Waals surface area contributed by atoms with Crippen molar-refractivity contribution in [1.82, 2.24) is 15.5 Å². The Hall–Kier alpha value is -3.71. The van der Waals surface area contributed by atoms with Crippen molar-refractivity contribution in [3.63, 3.8) is 0 Å². The van der Waals surface area contributed by atoms with Crippen LogP contribution in [0.15, 0.2) is 42.5 Å². The van der Waals surface area contributed by atoms with Crippen LogP contribution < -0.4 is 42.0 Å². The lowest BCUT2D eigenvalue weighted by Gasteiger charge is -2.21. The van der Waals surface area contributed by atoms with Crippen LogP contribution >= 0.6 is 0 Å². The molecule has 0 spiro atoms. The molecule has 2 amide bonds. The zero-order chi connectivity index (χ0) is 30.6. The standard InChI is InChI=1S/C24H31N3O6.C5H15N3/c1-31-20-13-17(14-21(32-2)22(20)33-3)15-26-24(30)19(27-23(29)18(25)11-12-28)10-9-16-7-5-4-6-8-16;1-8(4-2-6)5-3-7/h4-8,12-14,18-19H,9-11,15,25H2,1-3H3,(H,26,30)(H,27,29);2-7H2,1H3. The maximum absolute atomic E-state index is 13.0. The second-order valence-electron chi connectivity index (χ2n) is 9.23. The zero-order valence-electron chi connectivity index (χ0n) is 24.6. The van der Waals surface area contributed by atoms with Crippen molar-refractivity contribution in [2.45, 2.75) is 37.9 Å². The SMILES string of the molecule is CN(CCN)CCN.COc1cc(CNC(=O)C(CCc2ccccc2)NC(=O)C(N)CC=O)cc(OC)c1OC. The number of hydrogen-bond acceptors (Lipinski definition) is 10. The molecule has 8 N–H and O–H groups in total. The van der Waals surface area contributed by atoms with E-state index in [1.54, 1.807) is 12.1 Å². The summed E-state index contributed by atoms with van der Waals surface area (Å²) < 4.78 is 16.0. The van der Waals surface area contributed by atoms with Crippen LogP contribution in [0.4, 0.5) is 0 Å². The van der Waals surface area contributed by atoms with Gasteiger partial charge in [0.15, 0.2) is 11.5 Å². The molecule has 0 radical (unpaired) electrons. The molecule has 0 aliphatic carbocycles. The number of rotatable bonds is 17. The molecule has 12 nitrogen and oxygen atoms in total. The number of ether oxygens (including phenoxy) is 3. The van der Waals surface area contributed by atoms with Crippen LogP contribution in [0, 0.1) is 0 Å². The molecule has 2 aromatic carbocycles. The van der Waals surface area contributed by atoms with Gasteiger partial charge in [-0.15, -0.1) is 0 Å². The first-order chi connectivity index (χ1) is 19.7. The number of aryl methyl sites for hydroxylation is 1. The van der Waals surface area contributed by atoms with Gasteiger partial charge < -0.3 is 51.7 Å². The monoisotopic (exact) mass is 574 g/mol. The Morgan fingerprint density at radius 1 is 0.927 bits per heavy atom. The van der Waals surface area contributed by atoms with Gasteiger partial charge in [-0.05, 0) is 43.1 Å². The fourth-order valence-electron chi connectivity index (χ4n) is 3.82. The summed E-state index contributed by atoms with van der Waals surface area (Å²) in [6.45, 7) is 3.50. The van der Waals surface area contributed by atoms with Crippen LogP contribution in [-0.2, 0) is 27.3 Å². The molecule has 0 fully saturated rings. The lowest BCUT2D eigenvalue weighted by atomic mass is 10.0. The first kappa shape index (κ1) is 35.3. The number of hydrogen-bond donors (Lipinski definition) is 5. The third kappa shape index (κ3) is 13.0. The number of nitrogens with zero attached hydrogens (tertiary/aromatic N) is 1. The molecule has 41 heavy (non-hydrogen) atoms. The minimum atomic E-state index is -1.01. The second kappa shape index (κ2) is 20.2. The number of carbonyl (C=O) groups excluding carboxylic acids is 3. The predicted octanol–water partition coefficient (Wildman–Crippen LogP) is 0.198. The summed E-state index contributed by atoms with van der Waals surface area (Å²) in [4.78, 5) is 38.1. The molecule has 0 saturated heterocycles. The van der Waals surface area contributed by atoms with E-state index in [0.29, 0.717) is 36.4 Å². The summed E-state index contributed by atoms with van der Waals surface area (Å²) in [5.74, 6) is 0.464. The quantitative estimate of drug-likeness (QED) is 0.164. The molecular weight excluding hydrogens is 528 g/mol. The number of nitrogens with one attached hydrogen (secondary N) is 2. The molecule has 0 bridgehead atoms. The summed E-state index contributed by atoms with van der Waals surface area (Å²) in [7, 11) is 6.55. The van der Waals surface area contributed by atoms with Crippen molar-refractivity contribution in [2.75, 3.05) is 54.6 Å². The van der Waals surface area contributed by atoms with Gasteiger partial charge in [-0.2, -0.15) is 0 Å². The van der Waals surface area contributed by atoms with Gasteiger partial charge in [0.1, 0.15) is 12.3 Å². The highest BCUT2D eigenvalue weighted by molar-refractivity contribution is 5.90. The number of amides is 2. The molecule has 2 atom stereocenters. The average molecular weight is 575 g/mol. The molecule has 2 aromatic rings. The van der Waals surface area contributed by atoms with E-state index in [0.717, 1.165) is 37.3 Å². The molecule has 12 heteroatoms. The molecular formula is C29H46N6O6. The van der Waals surface area contributed by atoms with E-state index in [2.05, 4.69) is 15.5 Å². The molecule has 0 heterocycles. The maximum atomic E-state index is 13.0. The normalized spacial score (nSPS) is 11.9. The molecule has 0 aromatic heterocycles. The van der Waals surface area contributed by atoms with E-state index in [1.165, 1.54) is 21.3 Å². The van der Waals surface area contributed by atoms with Crippen molar-refractivity contribution >= 4 is 18.1 Å². The van der Waals surface area contributed by atoms with Gasteiger partial charge in [0.05, 0.1) is 27.4 Å². The predicted molar refractivity (Wildman–Crippen MR) is 159 cm³/mol. The topological polar surface area (TPSA) is 184 Å². The van der Waals surface area contributed by atoms with Crippen LogP contribution in [-0.4, -0.2) is 89.6 Å². The van der Waals surface area contributed by atoms with Gasteiger partial charge in [-0.25, -0.2) is 0 Å².